The highest BCUT2D eigenvalue weighted by atomic mass is 32.2. The fourth-order valence-electron chi connectivity index (χ4n) is 2.44. The monoisotopic (exact) mass is 428 g/mol. The lowest BCUT2D eigenvalue weighted by Gasteiger charge is -2.30. The molecular weight excluding hydrogens is 400 g/mol. The summed E-state index contributed by atoms with van der Waals surface area (Å²) in [6.07, 6.45) is -1.00. The van der Waals surface area contributed by atoms with Crippen molar-refractivity contribution >= 4 is 34.9 Å². The summed E-state index contributed by atoms with van der Waals surface area (Å²) >= 11 is -2.00. The van der Waals surface area contributed by atoms with Crippen molar-refractivity contribution in [2.45, 2.75) is 58.4 Å². The summed E-state index contributed by atoms with van der Waals surface area (Å²) in [5.41, 5.74) is -0.0429. The van der Waals surface area contributed by atoms with E-state index in [1.165, 1.54) is 12.1 Å². The van der Waals surface area contributed by atoms with Crippen molar-refractivity contribution in [3.05, 3.63) is 29.8 Å². The number of ether oxygens (including phenoxy) is 1. The number of amides is 3. The van der Waals surface area contributed by atoms with Gasteiger partial charge in [0.05, 0.1) is 5.75 Å². The normalized spacial score (nSPS) is 13.5. The first-order chi connectivity index (χ1) is 13.3. The molecule has 10 heteroatoms. The number of anilines is 1. The Balaban J connectivity index is 3.12. The van der Waals surface area contributed by atoms with Crippen LogP contribution in [-0.4, -0.2) is 48.5 Å². The predicted octanol–water partition coefficient (Wildman–Crippen LogP) is 3.68. The molecule has 0 saturated carbocycles. The summed E-state index contributed by atoms with van der Waals surface area (Å²) in [6, 6.07) is 3.73. The van der Waals surface area contributed by atoms with Gasteiger partial charge in [0.15, 0.2) is 11.1 Å². The second-order valence-electron chi connectivity index (χ2n) is 7.93. The van der Waals surface area contributed by atoms with Crippen LogP contribution in [0.5, 0.6) is 0 Å². The van der Waals surface area contributed by atoms with Crippen LogP contribution in [0.2, 0.25) is 0 Å². The molecule has 0 heterocycles. The van der Waals surface area contributed by atoms with Gasteiger partial charge in [-0.05, 0) is 50.8 Å². The topological polar surface area (TPSA) is 133 Å². The smallest absolute Gasteiger partial charge is 0.419 e. The molecule has 0 aliphatic rings. The fraction of sp³-hybridized carbons (Fsp3) is 0.526. The quantitative estimate of drug-likeness (QED) is 0.564. The van der Waals surface area contributed by atoms with Gasteiger partial charge >= 0.3 is 18.1 Å². The van der Waals surface area contributed by atoms with E-state index in [9.17, 15) is 23.7 Å². The largest absolute Gasteiger partial charge is 0.480 e. The first kappa shape index (κ1) is 24.6. The standard InChI is InChI=1S/C19H28N2O7S/c1-12(2)10-15(16(22)23)21(18(25)28-19(3,4)5)17(24)20-14-8-6-13(7-9-14)11-29(26)27/h6-9,12,15H,10-11H2,1-5H3,(H,20,24)(H,22,23)(H,26,27)/t15-/m0/s1. The molecular formula is C19H28N2O7S. The summed E-state index contributed by atoms with van der Waals surface area (Å²) in [5, 5.41) is 12.1. The first-order valence-electron chi connectivity index (χ1n) is 9.02. The number of hydrogen-bond donors (Lipinski definition) is 3. The molecule has 0 fully saturated rings. The fourth-order valence-corrected chi connectivity index (χ4v) is 2.91. The van der Waals surface area contributed by atoms with E-state index in [2.05, 4.69) is 5.32 Å². The van der Waals surface area contributed by atoms with Crippen LogP contribution in [0.15, 0.2) is 24.3 Å². The molecule has 0 saturated heterocycles. The van der Waals surface area contributed by atoms with Crippen LogP contribution in [0.25, 0.3) is 0 Å². The van der Waals surface area contributed by atoms with Crippen LogP contribution < -0.4 is 5.32 Å². The van der Waals surface area contributed by atoms with E-state index in [4.69, 9.17) is 9.29 Å². The summed E-state index contributed by atoms with van der Waals surface area (Å²) < 4.78 is 25.0. The third kappa shape index (κ3) is 8.61. The molecule has 0 radical (unpaired) electrons. The second-order valence-corrected chi connectivity index (χ2v) is 8.86. The van der Waals surface area contributed by atoms with E-state index in [-0.39, 0.29) is 18.1 Å². The van der Waals surface area contributed by atoms with Gasteiger partial charge in [0.25, 0.3) is 0 Å². The molecule has 1 aromatic carbocycles. The lowest BCUT2D eigenvalue weighted by molar-refractivity contribution is -0.142. The van der Waals surface area contributed by atoms with Crippen LogP contribution >= 0.6 is 0 Å². The number of carboxylic acid groups (broad SMARTS) is 1. The lowest BCUT2D eigenvalue weighted by Crippen LogP contribution is -2.52. The average molecular weight is 429 g/mol. The van der Waals surface area contributed by atoms with E-state index in [0.29, 0.717) is 16.2 Å². The number of carbonyl (C=O) groups excluding carboxylic acids is 2. The zero-order valence-electron chi connectivity index (χ0n) is 17.2. The second kappa shape index (κ2) is 10.4. The Labute approximate surface area is 172 Å². The SMILES string of the molecule is CC(C)C[C@@H](C(=O)O)N(C(=O)Nc1ccc(CS(=O)O)cc1)C(=O)OC(C)(C)C. The van der Waals surface area contributed by atoms with Crippen molar-refractivity contribution in [3.63, 3.8) is 0 Å². The minimum absolute atomic E-state index is 0.0588. The van der Waals surface area contributed by atoms with Crippen molar-refractivity contribution in [1.29, 1.82) is 0 Å². The Bertz CT molecular complexity index is 757. The van der Waals surface area contributed by atoms with Gasteiger partial charge in [-0.15, -0.1) is 0 Å². The molecule has 0 aliphatic carbocycles. The number of aliphatic carboxylic acids is 1. The number of imide groups is 1. The highest BCUT2D eigenvalue weighted by Gasteiger charge is 2.38. The lowest BCUT2D eigenvalue weighted by atomic mass is 10.0. The zero-order valence-corrected chi connectivity index (χ0v) is 18.0. The van der Waals surface area contributed by atoms with Crippen LogP contribution in [-0.2, 0) is 26.4 Å². The molecule has 0 aromatic heterocycles. The predicted molar refractivity (Wildman–Crippen MR) is 109 cm³/mol. The van der Waals surface area contributed by atoms with Gasteiger partial charge in [0.2, 0.25) is 0 Å². The number of nitrogens with one attached hydrogen (secondary N) is 1. The number of urea groups is 1. The van der Waals surface area contributed by atoms with Crippen molar-refractivity contribution in [2.24, 2.45) is 5.92 Å². The summed E-state index contributed by atoms with van der Waals surface area (Å²) in [4.78, 5) is 37.7. The van der Waals surface area contributed by atoms with E-state index in [0.717, 1.165) is 0 Å². The maximum absolute atomic E-state index is 12.8. The molecule has 2 atom stereocenters. The number of nitrogens with zero attached hydrogens (tertiary/aromatic N) is 1. The number of carboxylic acids is 1. The summed E-state index contributed by atoms with van der Waals surface area (Å²) in [5.74, 6) is -1.47. The third-order valence-electron chi connectivity index (χ3n) is 3.60. The van der Waals surface area contributed by atoms with Crippen molar-refractivity contribution in [2.75, 3.05) is 5.32 Å². The first-order valence-corrected chi connectivity index (χ1v) is 10.3. The minimum Gasteiger partial charge on any atom is -0.480 e. The van der Waals surface area contributed by atoms with E-state index in [1.54, 1.807) is 46.8 Å². The maximum atomic E-state index is 12.8. The Hall–Kier alpha value is -2.46. The third-order valence-corrected chi connectivity index (χ3v) is 4.18. The van der Waals surface area contributed by atoms with E-state index < -0.39 is 40.8 Å². The van der Waals surface area contributed by atoms with Crippen molar-refractivity contribution in [1.82, 2.24) is 4.90 Å². The molecule has 3 amide bonds. The Kier molecular flexibility index (Phi) is 8.78. The van der Waals surface area contributed by atoms with Gasteiger partial charge in [-0.1, -0.05) is 26.0 Å². The van der Waals surface area contributed by atoms with E-state index in [1.807, 2.05) is 0 Å². The van der Waals surface area contributed by atoms with Gasteiger partial charge in [0.1, 0.15) is 11.6 Å². The van der Waals surface area contributed by atoms with Gasteiger partial charge < -0.3 is 19.7 Å². The Morgan fingerprint density at radius 2 is 1.72 bits per heavy atom. The maximum Gasteiger partial charge on any atom is 0.419 e. The van der Waals surface area contributed by atoms with Gasteiger partial charge in [0, 0.05) is 5.69 Å². The van der Waals surface area contributed by atoms with Crippen LogP contribution in [0.3, 0.4) is 0 Å². The van der Waals surface area contributed by atoms with Crippen LogP contribution in [0, 0.1) is 5.92 Å². The number of rotatable bonds is 7. The molecule has 1 aromatic rings. The molecule has 0 aliphatic heterocycles. The highest BCUT2D eigenvalue weighted by molar-refractivity contribution is 7.78. The van der Waals surface area contributed by atoms with Crippen LogP contribution in [0.4, 0.5) is 15.3 Å². The molecule has 1 unspecified atom stereocenters. The van der Waals surface area contributed by atoms with Crippen LogP contribution in [0.1, 0.15) is 46.6 Å². The van der Waals surface area contributed by atoms with E-state index >= 15 is 0 Å². The number of hydrogen-bond acceptors (Lipinski definition) is 5. The van der Waals surface area contributed by atoms with Gasteiger partial charge in [-0.2, -0.15) is 0 Å². The van der Waals surface area contributed by atoms with Gasteiger partial charge in [-0.3, -0.25) is 0 Å². The highest BCUT2D eigenvalue weighted by Crippen LogP contribution is 2.19. The Morgan fingerprint density at radius 3 is 2.14 bits per heavy atom. The molecule has 0 bridgehead atoms. The molecule has 9 nitrogen and oxygen atoms in total. The van der Waals surface area contributed by atoms with Crippen molar-refractivity contribution < 1.29 is 33.0 Å². The zero-order chi connectivity index (χ0) is 22.4. The molecule has 1 rings (SSSR count). The average Bonchev–Trinajstić information content (AvgIpc) is 2.53. The number of carbonyl (C=O) groups is 3. The molecule has 29 heavy (non-hydrogen) atoms. The molecule has 162 valence electrons. The Morgan fingerprint density at radius 1 is 1.17 bits per heavy atom. The summed E-state index contributed by atoms with van der Waals surface area (Å²) in [7, 11) is 0. The molecule has 3 N–H and O–H groups in total. The number of benzene rings is 1. The van der Waals surface area contributed by atoms with Gasteiger partial charge in [-0.25, -0.2) is 23.5 Å². The molecule has 0 spiro atoms. The minimum atomic E-state index is -2.00. The van der Waals surface area contributed by atoms with Crippen molar-refractivity contribution in [3.8, 4) is 0 Å². The summed E-state index contributed by atoms with van der Waals surface area (Å²) in [6.45, 7) is 8.41.